The maximum Gasteiger partial charge on any atom is 0.222 e. The van der Waals surface area contributed by atoms with Gasteiger partial charge in [0.2, 0.25) is 5.91 Å². The molecule has 1 aliphatic rings. The van der Waals surface area contributed by atoms with Crippen LogP contribution in [0.4, 0.5) is 0 Å². The summed E-state index contributed by atoms with van der Waals surface area (Å²) in [4.78, 5) is 13.3. The lowest BCUT2D eigenvalue weighted by atomic mass is 10.1. The van der Waals surface area contributed by atoms with Gasteiger partial charge in [0, 0.05) is 19.5 Å². The molecule has 76 valence electrons. The van der Waals surface area contributed by atoms with E-state index in [2.05, 4.69) is 6.92 Å². The van der Waals surface area contributed by atoms with Crippen LogP contribution in [-0.4, -0.2) is 34.6 Å². The Labute approximate surface area is 79.7 Å². The van der Waals surface area contributed by atoms with Gasteiger partial charge in [0.1, 0.15) is 0 Å². The van der Waals surface area contributed by atoms with Crippen LogP contribution in [0.5, 0.6) is 0 Å². The first kappa shape index (κ1) is 10.5. The molecule has 3 heteroatoms. The fourth-order valence-corrected chi connectivity index (χ4v) is 1.64. The predicted octanol–water partition coefficient (Wildman–Crippen LogP) is 1.16. The van der Waals surface area contributed by atoms with Crippen molar-refractivity contribution in [3.05, 3.63) is 0 Å². The number of unbranched alkanes of at least 4 members (excludes halogenated alkanes) is 1. The third-order valence-electron chi connectivity index (χ3n) is 2.55. The molecule has 0 aromatic heterocycles. The first-order valence-electron chi connectivity index (χ1n) is 5.05. The molecule has 0 saturated carbocycles. The van der Waals surface area contributed by atoms with Gasteiger partial charge >= 0.3 is 0 Å². The third-order valence-corrected chi connectivity index (χ3v) is 2.55. The zero-order valence-electron chi connectivity index (χ0n) is 8.55. The normalized spacial score (nSPS) is 28.1. The number of nitrogens with zero attached hydrogens (tertiary/aromatic N) is 1. The van der Waals surface area contributed by atoms with Crippen molar-refractivity contribution in [2.24, 2.45) is 0 Å². The minimum absolute atomic E-state index is 0.194. The number of β-amino-alcohol motifs (C(OH)–C–C–N with tert-alkyl or cyclic N) is 1. The number of likely N-dealkylation sites (tertiary alicyclic amines) is 1. The minimum atomic E-state index is -0.651. The van der Waals surface area contributed by atoms with Crippen molar-refractivity contribution in [2.75, 3.05) is 13.1 Å². The SMILES string of the molecule is CCCCC(=O)N1CCC(C)(O)C1. The maximum absolute atomic E-state index is 11.5. The number of rotatable bonds is 3. The quantitative estimate of drug-likeness (QED) is 0.716. The number of hydrogen-bond acceptors (Lipinski definition) is 2. The molecule has 13 heavy (non-hydrogen) atoms. The van der Waals surface area contributed by atoms with E-state index in [4.69, 9.17) is 0 Å². The lowest BCUT2D eigenvalue weighted by Crippen LogP contribution is -2.33. The largest absolute Gasteiger partial charge is 0.388 e. The summed E-state index contributed by atoms with van der Waals surface area (Å²) in [5.74, 6) is 0.194. The number of carbonyl (C=O) groups is 1. The molecule has 1 rings (SSSR count). The number of aliphatic hydroxyl groups is 1. The zero-order chi connectivity index (χ0) is 9.90. The van der Waals surface area contributed by atoms with Crippen LogP contribution in [0.15, 0.2) is 0 Å². The van der Waals surface area contributed by atoms with E-state index in [-0.39, 0.29) is 5.91 Å². The van der Waals surface area contributed by atoms with Gasteiger partial charge in [-0.3, -0.25) is 4.79 Å². The number of hydrogen-bond donors (Lipinski definition) is 1. The molecule has 0 radical (unpaired) electrons. The van der Waals surface area contributed by atoms with Gasteiger partial charge in [-0.1, -0.05) is 13.3 Å². The molecule has 0 spiro atoms. The second-order valence-corrected chi connectivity index (χ2v) is 4.17. The molecule has 1 aliphatic heterocycles. The van der Waals surface area contributed by atoms with E-state index >= 15 is 0 Å². The standard InChI is InChI=1S/C10H19NO2/c1-3-4-5-9(12)11-7-6-10(2,13)8-11/h13H,3-8H2,1-2H3. The zero-order valence-corrected chi connectivity index (χ0v) is 8.55. The summed E-state index contributed by atoms with van der Waals surface area (Å²) < 4.78 is 0. The van der Waals surface area contributed by atoms with Crippen LogP contribution in [-0.2, 0) is 4.79 Å². The van der Waals surface area contributed by atoms with Gasteiger partial charge < -0.3 is 10.0 Å². The highest BCUT2D eigenvalue weighted by Crippen LogP contribution is 2.20. The molecular formula is C10H19NO2. The summed E-state index contributed by atoms with van der Waals surface area (Å²) >= 11 is 0. The molecule has 0 aromatic rings. The number of amides is 1. The Morgan fingerprint density at radius 1 is 1.62 bits per heavy atom. The van der Waals surface area contributed by atoms with E-state index in [0.717, 1.165) is 19.4 Å². The minimum Gasteiger partial charge on any atom is -0.388 e. The Bertz CT molecular complexity index is 189. The van der Waals surface area contributed by atoms with Gasteiger partial charge in [-0.05, 0) is 19.8 Å². The Balaban J connectivity index is 2.33. The maximum atomic E-state index is 11.5. The molecule has 1 amide bonds. The average molecular weight is 185 g/mol. The summed E-state index contributed by atoms with van der Waals surface area (Å²) in [6, 6.07) is 0. The van der Waals surface area contributed by atoms with E-state index in [1.54, 1.807) is 11.8 Å². The van der Waals surface area contributed by atoms with Gasteiger partial charge in [-0.2, -0.15) is 0 Å². The molecule has 1 unspecified atom stereocenters. The Kier molecular flexibility index (Phi) is 3.31. The smallest absolute Gasteiger partial charge is 0.222 e. The van der Waals surface area contributed by atoms with E-state index in [9.17, 15) is 9.90 Å². The molecule has 0 aliphatic carbocycles. The van der Waals surface area contributed by atoms with Gasteiger partial charge in [-0.25, -0.2) is 0 Å². The molecular weight excluding hydrogens is 166 g/mol. The molecule has 1 N–H and O–H groups in total. The van der Waals surface area contributed by atoms with Crippen molar-refractivity contribution in [1.29, 1.82) is 0 Å². The molecule has 0 bridgehead atoms. The molecule has 1 saturated heterocycles. The van der Waals surface area contributed by atoms with Gasteiger partial charge in [0.05, 0.1) is 5.60 Å². The van der Waals surface area contributed by atoms with Gasteiger partial charge in [0.25, 0.3) is 0 Å². The van der Waals surface area contributed by atoms with Crippen LogP contribution < -0.4 is 0 Å². The molecule has 1 fully saturated rings. The van der Waals surface area contributed by atoms with E-state index in [1.165, 1.54) is 0 Å². The van der Waals surface area contributed by atoms with Crippen molar-refractivity contribution in [2.45, 2.75) is 45.1 Å². The van der Waals surface area contributed by atoms with E-state index in [0.29, 0.717) is 19.4 Å². The van der Waals surface area contributed by atoms with Crippen LogP contribution in [0, 0.1) is 0 Å². The summed E-state index contributed by atoms with van der Waals surface area (Å²) in [5, 5.41) is 9.65. The van der Waals surface area contributed by atoms with Crippen LogP contribution >= 0.6 is 0 Å². The molecule has 1 heterocycles. The second kappa shape index (κ2) is 4.09. The van der Waals surface area contributed by atoms with E-state index < -0.39 is 5.60 Å². The van der Waals surface area contributed by atoms with Crippen molar-refractivity contribution >= 4 is 5.91 Å². The topological polar surface area (TPSA) is 40.5 Å². The fourth-order valence-electron chi connectivity index (χ4n) is 1.64. The second-order valence-electron chi connectivity index (χ2n) is 4.17. The molecule has 0 aromatic carbocycles. The summed E-state index contributed by atoms with van der Waals surface area (Å²) in [7, 11) is 0. The van der Waals surface area contributed by atoms with Crippen molar-refractivity contribution in [3.8, 4) is 0 Å². The average Bonchev–Trinajstić information content (AvgIpc) is 2.42. The van der Waals surface area contributed by atoms with Crippen LogP contribution in [0.2, 0.25) is 0 Å². The number of carbonyl (C=O) groups excluding carboxylic acids is 1. The van der Waals surface area contributed by atoms with Gasteiger partial charge in [0.15, 0.2) is 0 Å². The highest BCUT2D eigenvalue weighted by atomic mass is 16.3. The Hall–Kier alpha value is -0.570. The monoisotopic (exact) mass is 185 g/mol. The van der Waals surface area contributed by atoms with Crippen LogP contribution in [0.1, 0.15) is 39.5 Å². The Morgan fingerprint density at radius 3 is 2.77 bits per heavy atom. The van der Waals surface area contributed by atoms with Crippen molar-refractivity contribution < 1.29 is 9.90 Å². The Morgan fingerprint density at radius 2 is 2.31 bits per heavy atom. The lowest BCUT2D eigenvalue weighted by molar-refractivity contribution is -0.131. The first-order chi connectivity index (χ1) is 6.05. The predicted molar refractivity (Wildman–Crippen MR) is 51.3 cm³/mol. The van der Waals surface area contributed by atoms with Crippen molar-refractivity contribution in [1.82, 2.24) is 4.90 Å². The third kappa shape index (κ3) is 2.99. The lowest BCUT2D eigenvalue weighted by Gasteiger charge is -2.18. The summed E-state index contributed by atoms with van der Waals surface area (Å²) in [5.41, 5.74) is -0.651. The summed E-state index contributed by atoms with van der Waals surface area (Å²) in [6.45, 7) is 5.10. The molecule has 3 nitrogen and oxygen atoms in total. The van der Waals surface area contributed by atoms with E-state index in [1.807, 2.05) is 0 Å². The van der Waals surface area contributed by atoms with Crippen LogP contribution in [0.3, 0.4) is 0 Å². The highest BCUT2D eigenvalue weighted by molar-refractivity contribution is 5.76. The van der Waals surface area contributed by atoms with Crippen LogP contribution in [0.25, 0.3) is 0 Å². The highest BCUT2D eigenvalue weighted by Gasteiger charge is 2.33. The fraction of sp³-hybridized carbons (Fsp3) is 0.900. The first-order valence-corrected chi connectivity index (χ1v) is 5.05. The van der Waals surface area contributed by atoms with Gasteiger partial charge in [-0.15, -0.1) is 0 Å². The summed E-state index contributed by atoms with van der Waals surface area (Å²) in [6.07, 6.45) is 3.35. The van der Waals surface area contributed by atoms with Crippen molar-refractivity contribution in [3.63, 3.8) is 0 Å². The molecule has 1 atom stereocenters.